The van der Waals surface area contributed by atoms with E-state index in [1.165, 1.54) is 32.8 Å². The number of nitrogens with zero attached hydrogens (tertiary/aromatic N) is 2. The molecular weight excluding hydrogens is 242 g/mol. The Bertz CT molecular complexity index is 447. The summed E-state index contributed by atoms with van der Waals surface area (Å²) in [5.74, 6) is -0.214. The van der Waals surface area contributed by atoms with Crippen LogP contribution in [0.5, 0.6) is 0 Å². The lowest BCUT2D eigenvalue weighted by Crippen LogP contribution is -2.37. The van der Waals surface area contributed by atoms with E-state index >= 15 is 0 Å². The van der Waals surface area contributed by atoms with Crippen LogP contribution in [-0.4, -0.2) is 28.7 Å². The molecule has 104 valence electrons. The van der Waals surface area contributed by atoms with Gasteiger partial charge in [0.2, 0.25) is 0 Å². The van der Waals surface area contributed by atoms with Gasteiger partial charge in [0.05, 0.1) is 25.3 Å². The number of hydrogen-bond donors (Lipinski definition) is 1. The fourth-order valence-corrected chi connectivity index (χ4v) is 2.92. The molecule has 0 bridgehead atoms. The number of rotatable bonds is 5. The van der Waals surface area contributed by atoms with Crippen molar-refractivity contribution in [1.29, 1.82) is 0 Å². The van der Waals surface area contributed by atoms with Crippen LogP contribution in [0.2, 0.25) is 0 Å². The van der Waals surface area contributed by atoms with Crippen LogP contribution in [0.25, 0.3) is 0 Å². The number of esters is 1. The molecule has 1 aromatic rings. The average molecular weight is 263 g/mol. The fourth-order valence-electron chi connectivity index (χ4n) is 2.92. The number of aromatic nitrogens is 2. The number of hydrogen-bond acceptors (Lipinski definition) is 4. The fraction of sp³-hybridized carbons (Fsp3) is 0.714. The van der Waals surface area contributed by atoms with Gasteiger partial charge >= 0.3 is 5.97 Å². The van der Waals surface area contributed by atoms with Gasteiger partial charge in [0, 0.05) is 12.1 Å². The molecule has 0 radical (unpaired) electrons. The number of carbonyl (C=O) groups excluding carboxylic acids is 1. The van der Waals surface area contributed by atoms with E-state index in [9.17, 15) is 4.79 Å². The molecule has 3 rings (SSSR count). The van der Waals surface area contributed by atoms with E-state index in [0.717, 1.165) is 18.5 Å². The summed E-state index contributed by atoms with van der Waals surface area (Å²) in [7, 11) is 1.45. The van der Waals surface area contributed by atoms with Crippen molar-refractivity contribution in [2.75, 3.05) is 7.11 Å². The lowest BCUT2D eigenvalue weighted by molar-refractivity contribution is -0.143. The monoisotopic (exact) mass is 263 g/mol. The number of imidazole rings is 1. The van der Waals surface area contributed by atoms with Crippen molar-refractivity contribution in [1.82, 2.24) is 14.9 Å². The Balaban J connectivity index is 1.80. The predicted molar refractivity (Wildman–Crippen MR) is 70.6 cm³/mol. The molecule has 0 saturated heterocycles. The second kappa shape index (κ2) is 5.33. The molecule has 1 aromatic heterocycles. The molecule has 1 heterocycles. The minimum atomic E-state index is -0.379. The third-order valence-corrected chi connectivity index (χ3v) is 4.13. The molecule has 2 fully saturated rings. The van der Waals surface area contributed by atoms with Crippen LogP contribution in [-0.2, 0) is 9.53 Å². The third-order valence-electron chi connectivity index (χ3n) is 4.13. The lowest BCUT2D eigenvalue weighted by Gasteiger charge is -2.22. The van der Waals surface area contributed by atoms with Gasteiger partial charge in [-0.15, -0.1) is 0 Å². The minimum absolute atomic E-state index is 0.214. The Morgan fingerprint density at radius 1 is 1.42 bits per heavy atom. The van der Waals surface area contributed by atoms with Crippen molar-refractivity contribution in [3.8, 4) is 0 Å². The van der Waals surface area contributed by atoms with E-state index in [2.05, 4.69) is 14.9 Å². The molecule has 0 spiro atoms. The van der Waals surface area contributed by atoms with Gasteiger partial charge in [-0.25, -0.2) is 9.78 Å². The smallest absolute Gasteiger partial charge is 0.329 e. The van der Waals surface area contributed by atoms with E-state index in [4.69, 9.17) is 4.74 Å². The maximum absolute atomic E-state index is 12.1. The van der Waals surface area contributed by atoms with Gasteiger partial charge in [-0.1, -0.05) is 12.8 Å². The molecular formula is C14H21N3O2. The topological polar surface area (TPSA) is 56.1 Å². The molecule has 2 aliphatic carbocycles. The van der Waals surface area contributed by atoms with Gasteiger partial charge < -0.3 is 9.30 Å². The summed E-state index contributed by atoms with van der Waals surface area (Å²) in [5, 5.41) is 3.46. The molecule has 2 saturated carbocycles. The standard InChI is InChI=1S/C14H21N3O2/c1-19-14(18)13(16-10-4-2-3-5-10)12-8-15-9-17(12)11-6-7-11/h8-11,13,16H,2-7H2,1H3. The summed E-state index contributed by atoms with van der Waals surface area (Å²) in [6.07, 6.45) is 10.8. The molecule has 1 atom stereocenters. The SMILES string of the molecule is COC(=O)C(NC1CCCC1)c1cncn1C1CC1. The van der Waals surface area contributed by atoms with E-state index in [1.54, 1.807) is 6.20 Å². The molecule has 0 amide bonds. The molecule has 0 aliphatic heterocycles. The van der Waals surface area contributed by atoms with Crippen LogP contribution < -0.4 is 5.32 Å². The Kier molecular flexibility index (Phi) is 3.55. The lowest BCUT2D eigenvalue weighted by atomic mass is 10.1. The van der Waals surface area contributed by atoms with E-state index in [1.807, 2.05) is 6.33 Å². The summed E-state index contributed by atoms with van der Waals surface area (Å²) >= 11 is 0. The highest BCUT2D eigenvalue weighted by Gasteiger charge is 2.33. The van der Waals surface area contributed by atoms with Gasteiger partial charge in [0.15, 0.2) is 0 Å². The van der Waals surface area contributed by atoms with Crippen LogP contribution in [0, 0.1) is 0 Å². The van der Waals surface area contributed by atoms with Gasteiger partial charge in [-0.05, 0) is 25.7 Å². The van der Waals surface area contributed by atoms with Crippen molar-refractivity contribution in [3.05, 3.63) is 18.2 Å². The predicted octanol–water partition coefficient (Wildman–Crippen LogP) is 1.96. The molecule has 5 heteroatoms. The molecule has 0 aromatic carbocycles. The van der Waals surface area contributed by atoms with Crippen LogP contribution in [0.15, 0.2) is 12.5 Å². The van der Waals surface area contributed by atoms with Crippen molar-refractivity contribution < 1.29 is 9.53 Å². The molecule has 1 unspecified atom stereocenters. The Morgan fingerprint density at radius 2 is 2.16 bits per heavy atom. The Labute approximate surface area is 113 Å². The number of methoxy groups -OCH3 is 1. The first-order valence-corrected chi connectivity index (χ1v) is 7.15. The highest BCUT2D eigenvalue weighted by molar-refractivity contribution is 5.77. The summed E-state index contributed by atoms with van der Waals surface area (Å²) < 4.78 is 7.09. The van der Waals surface area contributed by atoms with Crippen molar-refractivity contribution >= 4 is 5.97 Å². The maximum atomic E-state index is 12.1. The van der Waals surface area contributed by atoms with Gasteiger partial charge in [-0.3, -0.25) is 5.32 Å². The molecule has 19 heavy (non-hydrogen) atoms. The van der Waals surface area contributed by atoms with Crippen molar-refractivity contribution in [2.24, 2.45) is 0 Å². The van der Waals surface area contributed by atoms with Gasteiger partial charge in [0.1, 0.15) is 6.04 Å². The number of carbonyl (C=O) groups is 1. The molecule has 5 nitrogen and oxygen atoms in total. The zero-order valence-electron chi connectivity index (χ0n) is 11.3. The Morgan fingerprint density at radius 3 is 2.79 bits per heavy atom. The molecule has 2 aliphatic rings. The number of nitrogens with one attached hydrogen (secondary N) is 1. The van der Waals surface area contributed by atoms with Crippen LogP contribution in [0.4, 0.5) is 0 Å². The summed E-state index contributed by atoms with van der Waals surface area (Å²) in [4.78, 5) is 16.3. The van der Waals surface area contributed by atoms with E-state index in [0.29, 0.717) is 12.1 Å². The first-order chi connectivity index (χ1) is 9.29. The van der Waals surface area contributed by atoms with Crippen molar-refractivity contribution in [3.63, 3.8) is 0 Å². The summed E-state index contributed by atoms with van der Waals surface area (Å²) in [6, 6.07) is 0.567. The zero-order valence-corrected chi connectivity index (χ0v) is 11.3. The van der Waals surface area contributed by atoms with Gasteiger partial charge in [-0.2, -0.15) is 0 Å². The van der Waals surface area contributed by atoms with Gasteiger partial charge in [0.25, 0.3) is 0 Å². The first kappa shape index (κ1) is 12.7. The second-order valence-electron chi connectivity index (χ2n) is 5.56. The van der Waals surface area contributed by atoms with E-state index in [-0.39, 0.29) is 12.0 Å². The summed E-state index contributed by atoms with van der Waals surface area (Å²) in [6.45, 7) is 0. The second-order valence-corrected chi connectivity index (χ2v) is 5.56. The van der Waals surface area contributed by atoms with E-state index < -0.39 is 0 Å². The average Bonchev–Trinajstić information content (AvgIpc) is 2.94. The maximum Gasteiger partial charge on any atom is 0.329 e. The van der Waals surface area contributed by atoms with Crippen LogP contribution in [0.3, 0.4) is 0 Å². The quantitative estimate of drug-likeness (QED) is 0.825. The highest BCUT2D eigenvalue weighted by atomic mass is 16.5. The third kappa shape index (κ3) is 2.66. The first-order valence-electron chi connectivity index (χ1n) is 7.15. The normalized spacial score (nSPS) is 21.5. The molecule has 1 N–H and O–H groups in total. The zero-order chi connectivity index (χ0) is 13.2. The minimum Gasteiger partial charge on any atom is -0.468 e. The highest BCUT2D eigenvalue weighted by Crippen LogP contribution is 2.37. The Hall–Kier alpha value is -1.36. The van der Waals surface area contributed by atoms with Crippen LogP contribution in [0.1, 0.15) is 56.3 Å². The summed E-state index contributed by atoms with van der Waals surface area (Å²) in [5.41, 5.74) is 0.946. The van der Waals surface area contributed by atoms with Crippen LogP contribution >= 0.6 is 0 Å². The number of ether oxygens (including phenoxy) is 1. The van der Waals surface area contributed by atoms with Crippen molar-refractivity contribution in [2.45, 2.75) is 56.7 Å². The largest absolute Gasteiger partial charge is 0.468 e.